The van der Waals surface area contributed by atoms with Crippen LogP contribution in [0.25, 0.3) is 0 Å². The Kier molecular flexibility index (Phi) is 7.88. The Hall–Kier alpha value is 0.440. The molecule has 0 spiro atoms. The van der Waals surface area contributed by atoms with Crippen molar-refractivity contribution in [2.24, 2.45) is 0 Å². The van der Waals surface area contributed by atoms with E-state index in [9.17, 15) is 0 Å². The third kappa shape index (κ3) is 5.24. The molecule has 1 nitrogen and oxygen atoms in total. The summed E-state index contributed by atoms with van der Waals surface area (Å²) in [6.45, 7) is 5.61. The Morgan fingerprint density at radius 2 is 1.90 bits per heavy atom. The molecule has 0 aromatic carbocycles. The maximum absolute atomic E-state index is 3.49. The van der Waals surface area contributed by atoms with E-state index in [2.05, 4.69) is 35.1 Å². The van der Waals surface area contributed by atoms with Gasteiger partial charge in [-0.05, 0) is 25.8 Å². The van der Waals surface area contributed by atoms with Crippen LogP contribution < -0.4 is 5.32 Å². The number of nitrogens with one attached hydrogen (secondary N) is 1. The van der Waals surface area contributed by atoms with E-state index in [0.29, 0.717) is 0 Å². The third-order valence-corrected chi connectivity index (χ3v) is 2.29. The lowest BCUT2D eigenvalue weighted by Crippen LogP contribution is -2.28. The van der Waals surface area contributed by atoms with Gasteiger partial charge in [0.15, 0.2) is 0 Å². The summed E-state index contributed by atoms with van der Waals surface area (Å²) in [5, 5.41) is 4.60. The maximum Gasteiger partial charge on any atom is 0.00618 e. The number of rotatable bonds is 6. The van der Waals surface area contributed by atoms with Crippen LogP contribution in [-0.4, -0.2) is 17.9 Å². The molecular weight excluding hydrogens is 190 g/mol. The molecule has 0 aliphatic heterocycles. The molecule has 0 bridgehead atoms. The van der Waals surface area contributed by atoms with Crippen molar-refractivity contribution in [1.29, 1.82) is 0 Å². The molecule has 0 aromatic rings. The average molecular weight is 208 g/mol. The standard InChI is InChI=1S/C8H18BrN/c1-3-8(4-2)10-7-5-6-9/h8,10H,3-7H2,1-2H3. The first-order valence-corrected chi connectivity index (χ1v) is 5.26. The van der Waals surface area contributed by atoms with Gasteiger partial charge in [0.05, 0.1) is 0 Å². The average Bonchev–Trinajstić information content (AvgIpc) is 1.99. The Bertz CT molecular complexity index is 62.3. The fraction of sp³-hybridized carbons (Fsp3) is 1.00. The minimum Gasteiger partial charge on any atom is -0.314 e. The number of halogens is 1. The molecule has 0 amide bonds. The molecule has 1 N–H and O–H groups in total. The molecule has 0 saturated heterocycles. The van der Waals surface area contributed by atoms with E-state index < -0.39 is 0 Å². The molecule has 0 aromatic heterocycles. The summed E-state index contributed by atoms with van der Waals surface area (Å²) in [6.07, 6.45) is 3.73. The molecule has 0 unspecified atom stereocenters. The fourth-order valence-electron chi connectivity index (χ4n) is 0.950. The molecule has 0 aliphatic rings. The van der Waals surface area contributed by atoms with E-state index in [1.54, 1.807) is 0 Å². The summed E-state index contributed by atoms with van der Waals surface area (Å²) in [6, 6.07) is 0.735. The van der Waals surface area contributed by atoms with E-state index in [1.165, 1.54) is 19.3 Å². The van der Waals surface area contributed by atoms with Gasteiger partial charge in [0.1, 0.15) is 0 Å². The summed E-state index contributed by atoms with van der Waals surface area (Å²) in [4.78, 5) is 0. The van der Waals surface area contributed by atoms with E-state index in [4.69, 9.17) is 0 Å². The summed E-state index contributed by atoms with van der Waals surface area (Å²) < 4.78 is 0. The summed E-state index contributed by atoms with van der Waals surface area (Å²) in [5.74, 6) is 0. The molecule has 0 rings (SSSR count). The van der Waals surface area contributed by atoms with Crippen molar-refractivity contribution in [2.75, 3.05) is 11.9 Å². The highest BCUT2D eigenvalue weighted by Gasteiger charge is 1.99. The summed E-state index contributed by atoms with van der Waals surface area (Å²) in [7, 11) is 0. The third-order valence-electron chi connectivity index (χ3n) is 1.73. The number of hydrogen-bond acceptors (Lipinski definition) is 1. The molecule has 0 saturated carbocycles. The maximum atomic E-state index is 3.49. The second kappa shape index (κ2) is 7.55. The highest BCUT2D eigenvalue weighted by Crippen LogP contribution is 1.96. The zero-order valence-corrected chi connectivity index (χ0v) is 8.58. The van der Waals surface area contributed by atoms with E-state index in [1.807, 2.05) is 0 Å². The first kappa shape index (κ1) is 10.4. The molecular formula is C8H18BrN. The molecule has 0 heterocycles. The monoisotopic (exact) mass is 207 g/mol. The van der Waals surface area contributed by atoms with Crippen LogP contribution in [0.1, 0.15) is 33.1 Å². The van der Waals surface area contributed by atoms with Crippen molar-refractivity contribution < 1.29 is 0 Å². The molecule has 0 atom stereocenters. The van der Waals surface area contributed by atoms with Crippen LogP contribution in [0.4, 0.5) is 0 Å². The quantitative estimate of drug-likeness (QED) is 0.522. The van der Waals surface area contributed by atoms with Crippen molar-refractivity contribution in [3.05, 3.63) is 0 Å². The lowest BCUT2D eigenvalue weighted by atomic mass is 10.2. The van der Waals surface area contributed by atoms with Gasteiger partial charge in [0.2, 0.25) is 0 Å². The molecule has 0 fully saturated rings. The van der Waals surface area contributed by atoms with Gasteiger partial charge in [-0.1, -0.05) is 29.8 Å². The van der Waals surface area contributed by atoms with Crippen molar-refractivity contribution in [3.63, 3.8) is 0 Å². The molecule has 0 aliphatic carbocycles. The van der Waals surface area contributed by atoms with Gasteiger partial charge < -0.3 is 5.32 Å². The van der Waals surface area contributed by atoms with Gasteiger partial charge in [-0.2, -0.15) is 0 Å². The molecule has 2 heteroatoms. The fourth-order valence-corrected chi connectivity index (χ4v) is 1.23. The zero-order chi connectivity index (χ0) is 7.82. The van der Waals surface area contributed by atoms with Gasteiger partial charge in [0, 0.05) is 11.4 Å². The predicted molar refractivity (Wildman–Crippen MR) is 50.8 cm³/mol. The van der Waals surface area contributed by atoms with Crippen molar-refractivity contribution in [3.8, 4) is 0 Å². The van der Waals surface area contributed by atoms with Gasteiger partial charge >= 0.3 is 0 Å². The molecule has 62 valence electrons. The Morgan fingerprint density at radius 3 is 2.30 bits per heavy atom. The summed E-state index contributed by atoms with van der Waals surface area (Å²) >= 11 is 3.40. The number of alkyl halides is 1. The van der Waals surface area contributed by atoms with Crippen LogP contribution in [0.2, 0.25) is 0 Å². The van der Waals surface area contributed by atoms with Crippen LogP contribution >= 0.6 is 15.9 Å². The Morgan fingerprint density at radius 1 is 1.30 bits per heavy atom. The van der Waals surface area contributed by atoms with E-state index >= 15 is 0 Å². The van der Waals surface area contributed by atoms with Crippen LogP contribution in [0, 0.1) is 0 Å². The normalized spacial score (nSPS) is 10.8. The van der Waals surface area contributed by atoms with Crippen molar-refractivity contribution in [2.45, 2.75) is 39.2 Å². The largest absolute Gasteiger partial charge is 0.314 e. The second-order valence-corrected chi connectivity index (χ2v) is 3.30. The number of hydrogen-bond donors (Lipinski definition) is 1. The smallest absolute Gasteiger partial charge is 0.00618 e. The van der Waals surface area contributed by atoms with E-state index in [-0.39, 0.29) is 0 Å². The zero-order valence-electron chi connectivity index (χ0n) is 6.99. The van der Waals surface area contributed by atoms with Crippen LogP contribution in [0.3, 0.4) is 0 Å². The lowest BCUT2D eigenvalue weighted by Gasteiger charge is -2.13. The van der Waals surface area contributed by atoms with E-state index in [0.717, 1.165) is 17.9 Å². The first-order valence-electron chi connectivity index (χ1n) is 4.14. The lowest BCUT2D eigenvalue weighted by molar-refractivity contribution is 0.486. The van der Waals surface area contributed by atoms with Gasteiger partial charge in [0.25, 0.3) is 0 Å². The summed E-state index contributed by atoms with van der Waals surface area (Å²) in [5.41, 5.74) is 0. The Balaban J connectivity index is 3.09. The van der Waals surface area contributed by atoms with Gasteiger partial charge in [-0.15, -0.1) is 0 Å². The first-order chi connectivity index (χ1) is 4.85. The van der Waals surface area contributed by atoms with Crippen molar-refractivity contribution >= 4 is 15.9 Å². The highest BCUT2D eigenvalue weighted by atomic mass is 79.9. The molecule has 10 heavy (non-hydrogen) atoms. The minimum atomic E-state index is 0.735. The van der Waals surface area contributed by atoms with Gasteiger partial charge in [-0.25, -0.2) is 0 Å². The molecule has 0 radical (unpaired) electrons. The minimum absolute atomic E-state index is 0.735. The topological polar surface area (TPSA) is 12.0 Å². The van der Waals surface area contributed by atoms with Crippen LogP contribution in [0.5, 0.6) is 0 Å². The highest BCUT2D eigenvalue weighted by molar-refractivity contribution is 9.09. The van der Waals surface area contributed by atoms with Crippen molar-refractivity contribution in [1.82, 2.24) is 5.32 Å². The SMILES string of the molecule is CCC(CC)NCCCBr. The Labute approximate surface area is 72.7 Å². The van der Waals surface area contributed by atoms with Crippen LogP contribution in [0.15, 0.2) is 0 Å². The van der Waals surface area contributed by atoms with Gasteiger partial charge in [-0.3, -0.25) is 0 Å². The van der Waals surface area contributed by atoms with Crippen LogP contribution in [-0.2, 0) is 0 Å². The predicted octanol–water partition coefficient (Wildman–Crippen LogP) is 2.55. The second-order valence-electron chi connectivity index (χ2n) is 2.51.